The largest absolute Gasteiger partial charge is 0.493 e. The zero-order valence-corrected chi connectivity index (χ0v) is 11.9. The number of benzene rings is 1. The number of para-hydroxylation sites is 1. The smallest absolute Gasteiger partial charge is 0.200 e. The molecule has 0 aliphatic carbocycles. The summed E-state index contributed by atoms with van der Waals surface area (Å²) >= 11 is 0. The minimum absolute atomic E-state index is 0.504. The van der Waals surface area contributed by atoms with E-state index in [1.165, 1.54) is 0 Å². The SMILES string of the molecule is CCOc1ccccc1-c1nccc(C(OC)OC)n1. The lowest BCUT2D eigenvalue weighted by Gasteiger charge is -2.14. The van der Waals surface area contributed by atoms with E-state index in [-0.39, 0.29) is 0 Å². The van der Waals surface area contributed by atoms with Crippen molar-refractivity contribution in [3.8, 4) is 17.1 Å². The molecule has 0 amide bonds. The first kappa shape index (κ1) is 14.4. The molecule has 5 heteroatoms. The Kier molecular flexibility index (Phi) is 5.03. The van der Waals surface area contributed by atoms with Gasteiger partial charge in [0, 0.05) is 20.4 Å². The highest BCUT2D eigenvalue weighted by Gasteiger charge is 2.14. The lowest BCUT2D eigenvalue weighted by Crippen LogP contribution is -2.07. The second-order valence-corrected chi connectivity index (χ2v) is 4.04. The molecule has 2 rings (SSSR count). The molecule has 1 heterocycles. The molecule has 0 saturated carbocycles. The lowest BCUT2D eigenvalue weighted by molar-refractivity contribution is -0.108. The van der Waals surface area contributed by atoms with Gasteiger partial charge in [-0.1, -0.05) is 12.1 Å². The van der Waals surface area contributed by atoms with E-state index in [1.54, 1.807) is 26.5 Å². The van der Waals surface area contributed by atoms with Crippen LogP contribution in [0.2, 0.25) is 0 Å². The summed E-state index contributed by atoms with van der Waals surface area (Å²) in [6.07, 6.45) is 1.18. The normalized spacial score (nSPS) is 10.8. The predicted octanol–water partition coefficient (Wildman–Crippen LogP) is 2.83. The fourth-order valence-corrected chi connectivity index (χ4v) is 1.90. The van der Waals surface area contributed by atoms with Gasteiger partial charge in [0.15, 0.2) is 5.82 Å². The minimum Gasteiger partial charge on any atom is -0.493 e. The Morgan fingerprint density at radius 3 is 2.55 bits per heavy atom. The van der Waals surface area contributed by atoms with Gasteiger partial charge in [-0.2, -0.15) is 0 Å². The molecule has 5 nitrogen and oxygen atoms in total. The third-order valence-corrected chi connectivity index (χ3v) is 2.77. The zero-order chi connectivity index (χ0) is 14.4. The van der Waals surface area contributed by atoms with Crippen LogP contribution in [0.3, 0.4) is 0 Å². The molecule has 0 aliphatic rings. The summed E-state index contributed by atoms with van der Waals surface area (Å²) in [7, 11) is 3.15. The van der Waals surface area contributed by atoms with Crippen molar-refractivity contribution in [2.45, 2.75) is 13.2 Å². The van der Waals surface area contributed by atoms with Gasteiger partial charge in [-0.05, 0) is 25.1 Å². The van der Waals surface area contributed by atoms with Gasteiger partial charge in [0.2, 0.25) is 6.29 Å². The van der Waals surface area contributed by atoms with E-state index in [9.17, 15) is 0 Å². The van der Waals surface area contributed by atoms with Gasteiger partial charge in [0.25, 0.3) is 0 Å². The van der Waals surface area contributed by atoms with Crippen LogP contribution >= 0.6 is 0 Å². The van der Waals surface area contributed by atoms with Gasteiger partial charge < -0.3 is 14.2 Å². The highest BCUT2D eigenvalue weighted by atomic mass is 16.7. The summed E-state index contributed by atoms with van der Waals surface area (Å²) in [5, 5.41) is 0. The van der Waals surface area contributed by atoms with Crippen LogP contribution in [0.5, 0.6) is 5.75 Å². The highest BCUT2D eigenvalue weighted by molar-refractivity contribution is 5.63. The second kappa shape index (κ2) is 6.98. The standard InChI is InChI=1S/C15H18N2O3/c1-4-20-13-8-6-5-7-11(13)14-16-10-9-12(17-14)15(18-2)19-3/h5-10,15H,4H2,1-3H3. The number of aromatic nitrogens is 2. The molecular formula is C15H18N2O3. The van der Waals surface area contributed by atoms with E-state index in [4.69, 9.17) is 14.2 Å². The Labute approximate surface area is 118 Å². The molecule has 0 radical (unpaired) electrons. The quantitative estimate of drug-likeness (QED) is 0.758. The van der Waals surface area contributed by atoms with Gasteiger partial charge in [-0.3, -0.25) is 0 Å². The second-order valence-electron chi connectivity index (χ2n) is 4.04. The van der Waals surface area contributed by atoms with Crippen molar-refractivity contribution in [2.75, 3.05) is 20.8 Å². The van der Waals surface area contributed by atoms with Crippen molar-refractivity contribution in [1.29, 1.82) is 0 Å². The Bertz CT molecular complexity index is 556. The predicted molar refractivity (Wildman–Crippen MR) is 75.4 cm³/mol. The molecule has 1 aromatic carbocycles. The van der Waals surface area contributed by atoms with Crippen LogP contribution < -0.4 is 4.74 Å². The van der Waals surface area contributed by atoms with Crippen LogP contribution in [0, 0.1) is 0 Å². The Balaban J connectivity index is 2.40. The van der Waals surface area contributed by atoms with Gasteiger partial charge in [-0.15, -0.1) is 0 Å². The third-order valence-electron chi connectivity index (χ3n) is 2.77. The van der Waals surface area contributed by atoms with E-state index in [0.29, 0.717) is 18.1 Å². The van der Waals surface area contributed by atoms with Crippen LogP contribution in [-0.4, -0.2) is 30.8 Å². The summed E-state index contributed by atoms with van der Waals surface area (Å²) in [5.41, 5.74) is 1.52. The Hall–Kier alpha value is -1.98. The minimum atomic E-state index is -0.504. The fraction of sp³-hybridized carbons (Fsp3) is 0.333. The van der Waals surface area contributed by atoms with Gasteiger partial charge in [-0.25, -0.2) is 9.97 Å². The van der Waals surface area contributed by atoms with Crippen molar-refractivity contribution in [3.63, 3.8) is 0 Å². The molecule has 106 valence electrons. The van der Waals surface area contributed by atoms with Crippen molar-refractivity contribution in [1.82, 2.24) is 9.97 Å². The molecule has 0 unspecified atom stereocenters. The summed E-state index contributed by atoms with van der Waals surface area (Å²) in [4.78, 5) is 8.79. The number of nitrogens with zero attached hydrogens (tertiary/aromatic N) is 2. The number of ether oxygens (including phenoxy) is 3. The maximum atomic E-state index is 5.60. The maximum Gasteiger partial charge on any atom is 0.200 e. The van der Waals surface area contributed by atoms with Crippen LogP contribution in [0.1, 0.15) is 18.9 Å². The van der Waals surface area contributed by atoms with Crippen LogP contribution in [-0.2, 0) is 9.47 Å². The van der Waals surface area contributed by atoms with Crippen LogP contribution in [0.15, 0.2) is 36.5 Å². The van der Waals surface area contributed by atoms with Crippen molar-refractivity contribution < 1.29 is 14.2 Å². The first-order valence-corrected chi connectivity index (χ1v) is 6.40. The third kappa shape index (κ3) is 3.12. The van der Waals surface area contributed by atoms with E-state index >= 15 is 0 Å². The van der Waals surface area contributed by atoms with Gasteiger partial charge in [0.1, 0.15) is 11.4 Å². The summed E-state index contributed by atoms with van der Waals surface area (Å²) < 4.78 is 16.0. The number of hydrogen-bond donors (Lipinski definition) is 0. The van der Waals surface area contributed by atoms with Crippen molar-refractivity contribution in [2.24, 2.45) is 0 Å². The van der Waals surface area contributed by atoms with E-state index < -0.39 is 6.29 Å². The Morgan fingerprint density at radius 2 is 1.85 bits per heavy atom. The number of rotatable bonds is 6. The molecule has 0 N–H and O–H groups in total. The van der Waals surface area contributed by atoms with E-state index in [1.807, 2.05) is 31.2 Å². The first-order chi connectivity index (χ1) is 9.80. The highest BCUT2D eigenvalue weighted by Crippen LogP contribution is 2.28. The molecule has 0 bridgehead atoms. The monoisotopic (exact) mass is 274 g/mol. The topological polar surface area (TPSA) is 53.5 Å². The van der Waals surface area contributed by atoms with Crippen LogP contribution in [0.25, 0.3) is 11.4 Å². The molecule has 1 aromatic heterocycles. The molecular weight excluding hydrogens is 256 g/mol. The van der Waals surface area contributed by atoms with Crippen molar-refractivity contribution >= 4 is 0 Å². The average molecular weight is 274 g/mol. The lowest BCUT2D eigenvalue weighted by atomic mass is 10.2. The zero-order valence-electron chi connectivity index (χ0n) is 11.9. The summed E-state index contributed by atoms with van der Waals surface area (Å²) in [5.74, 6) is 1.35. The molecule has 0 saturated heterocycles. The average Bonchev–Trinajstić information content (AvgIpc) is 2.50. The van der Waals surface area contributed by atoms with Gasteiger partial charge >= 0.3 is 0 Å². The first-order valence-electron chi connectivity index (χ1n) is 6.40. The van der Waals surface area contributed by atoms with Crippen molar-refractivity contribution in [3.05, 3.63) is 42.2 Å². The molecule has 0 aliphatic heterocycles. The summed E-state index contributed by atoms with van der Waals surface area (Å²) in [6, 6.07) is 9.45. The Morgan fingerprint density at radius 1 is 1.10 bits per heavy atom. The molecule has 0 spiro atoms. The van der Waals surface area contributed by atoms with E-state index in [2.05, 4.69) is 9.97 Å². The molecule has 20 heavy (non-hydrogen) atoms. The number of methoxy groups -OCH3 is 2. The maximum absolute atomic E-state index is 5.60. The van der Waals surface area contributed by atoms with Crippen LogP contribution in [0.4, 0.5) is 0 Å². The fourth-order valence-electron chi connectivity index (χ4n) is 1.90. The van der Waals surface area contributed by atoms with Gasteiger partial charge in [0.05, 0.1) is 12.2 Å². The van der Waals surface area contributed by atoms with E-state index in [0.717, 1.165) is 11.3 Å². The molecule has 0 fully saturated rings. The molecule has 2 aromatic rings. The summed E-state index contributed by atoms with van der Waals surface area (Å²) in [6.45, 7) is 2.54. The number of hydrogen-bond acceptors (Lipinski definition) is 5. The molecule has 0 atom stereocenters.